The molecule has 1 aliphatic carbocycles. The first kappa shape index (κ1) is 24.8. The van der Waals surface area contributed by atoms with Crippen LogP contribution in [0.1, 0.15) is 57.1 Å². The normalized spacial score (nSPS) is 18.4. The maximum atomic E-state index is 12.9. The van der Waals surface area contributed by atoms with Crippen molar-refractivity contribution in [3.8, 4) is 11.1 Å². The summed E-state index contributed by atoms with van der Waals surface area (Å²) in [6.07, 6.45) is 1.17. The number of piperidine rings is 1. The zero-order valence-corrected chi connectivity index (χ0v) is 20.6. The van der Waals surface area contributed by atoms with Crippen molar-refractivity contribution in [2.24, 2.45) is 11.3 Å². The lowest BCUT2D eigenvalue weighted by Crippen LogP contribution is -2.48. The summed E-state index contributed by atoms with van der Waals surface area (Å²) in [5, 5.41) is 12.3. The minimum atomic E-state index is -0.885. The number of carbonyl (C=O) groups is 3. The van der Waals surface area contributed by atoms with Crippen molar-refractivity contribution < 1.29 is 24.2 Å². The van der Waals surface area contributed by atoms with Crippen LogP contribution in [-0.2, 0) is 14.3 Å². The van der Waals surface area contributed by atoms with E-state index in [0.717, 1.165) is 24.0 Å². The molecule has 1 saturated heterocycles. The van der Waals surface area contributed by atoms with E-state index in [4.69, 9.17) is 4.74 Å². The van der Waals surface area contributed by atoms with Gasteiger partial charge in [-0.15, -0.1) is 0 Å². The molecule has 1 unspecified atom stereocenters. The summed E-state index contributed by atoms with van der Waals surface area (Å²) in [5.41, 5.74) is 3.75. The van der Waals surface area contributed by atoms with Crippen LogP contribution >= 0.6 is 0 Å². The second kappa shape index (κ2) is 10.1. The standard InChI is InChI=1S/C28H34N2O5/c1-18(15-25(31)30-14-8-9-19(16-30)28(2,3)26(32)33)29-27(34)35-17-24-22-12-6-4-10-20(22)21-11-5-7-13-23(21)24/h4-7,10-13,18-19,24H,8-9,14-17H2,1-3H3,(H,29,34)(H,32,33)/t18-,19?/m0/s1. The zero-order valence-electron chi connectivity index (χ0n) is 20.6. The zero-order chi connectivity index (χ0) is 25.2. The van der Waals surface area contributed by atoms with Crippen molar-refractivity contribution in [2.45, 2.75) is 52.0 Å². The first-order valence-electron chi connectivity index (χ1n) is 12.3. The summed E-state index contributed by atoms with van der Waals surface area (Å²) in [4.78, 5) is 38.7. The van der Waals surface area contributed by atoms with Crippen LogP contribution in [0.3, 0.4) is 0 Å². The van der Waals surface area contributed by atoms with Crippen LogP contribution in [0.25, 0.3) is 11.1 Å². The summed E-state index contributed by atoms with van der Waals surface area (Å²) < 4.78 is 5.59. The van der Waals surface area contributed by atoms with Gasteiger partial charge in [-0.1, -0.05) is 48.5 Å². The fourth-order valence-electron chi connectivity index (χ4n) is 5.25. The van der Waals surface area contributed by atoms with E-state index in [-0.39, 0.29) is 30.8 Å². The van der Waals surface area contributed by atoms with Gasteiger partial charge in [0.25, 0.3) is 0 Å². The van der Waals surface area contributed by atoms with Crippen molar-refractivity contribution >= 4 is 18.0 Å². The Morgan fingerprint density at radius 1 is 1.09 bits per heavy atom. The lowest BCUT2D eigenvalue weighted by atomic mass is 9.74. The molecule has 4 rings (SSSR count). The molecule has 2 amide bonds. The Bertz CT molecular complexity index is 1070. The smallest absolute Gasteiger partial charge is 0.407 e. The molecule has 2 aromatic carbocycles. The first-order chi connectivity index (χ1) is 16.7. The fourth-order valence-corrected chi connectivity index (χ4v) is 5.25. The molecule has 1 aliphatic heterocycles. The Labute approximate surface area is 206 Å². The Kier molecular flexibility index (Phi) is 7.15. The van der Waals surface area contributed by atoms with E-state index in [1.807, 2.05) is 24.3 Å². The van der Waals surface area contributed by atoms with Crippen LogP contribution in [0.5, 0.6) is 0 Å². The van der Waals surface area contributed by atoms with E-state index in [2.05, 4.69) is 29.6 Å². The Morgan fingerprint density at radius 2 is 1.69 bits per heavy atom. The van der Waals surface area contributed by atoms with Gasteiger partial charge in [-0.2, -0.15) is 0 Å². The second-order valence-electron chi connectivity index (χ2n) is 10.3. The molecular formula is C28H34N2O5. The number of hydrogen-bond donors (Lipinski definition) is 2. The highest BCUT2D eigenvalue weighted by Gasteiger charge is 2.40. The number of carboxylic acid groups (broad SMARTS) is 1. The molecule has 1 heterocycles. The van der Waals surface area contributed by atoms with Crippen LogP contribution in [0.4, 0.5) is 4.79 Å². The minimum Gasteiger partial charge on any atom is -0.481 e. The SMILES string of the molecule is C[C@@H](CC(=O)N1CCCC(C(C)(C)C(=O)O)C1)NC(=O)OCC1c2ccccc2-c2ccccc21. The van der Waals surface area contributed by atoms with Crippen LogP contribution in [0, 0.1) is 11.3 Å². The third kappa shape index (κ3) is 5.19. The molecule has 186 valence electrons. The molecule has 35 heavy (non-hydrogen) atoms. The van der Waals surface area contributed by atoms with Gasteiger partial charge in [-0.05, 0) is 61.8 Å². The number of alkyl carbamates (subject to hydrolysis) is 1. The number of nitrogens with one attached hydrogen (secondary N) is 1. The number of carboxylic acids is 1. The van der Waals surface area contributed by atoms with Gasteiger partial charge in [-0.25, -0.2) is 4.79 Å². The van der Waals surface area contributed by atoms with Gasteiger partial charge in [0.1, 0.15) is 6.61 Å². The Balaban J connectivity index is 1.29. The van der Waals surface area contributed by atoms with Crippen molar-refractivity contribution in [3.05, 3.63) is 59.7 Å². The lowest BCUT2D eigenvalue weighted by Gasteiger charge is -2.39. The van der Waals surface area contributed by atoms with Gasteiger partial charge >= 0.3 is 12.1 Å². The number of rotatable bonds is 7. The van der Waals surface area contributed by atoms with Crippen LogP contribution in [0.15, 0.2) is 48.5 Å². The van der Waals surface area contributed by atoms with Crippen molar-refractivity contribution in [1.82, 2.24) is 10.2 Å². The van der Waals surface area contributed by atoms with E-state index in [0.29, 0.717) is 13.1 Å². The number of fused-ring (bicyclic) bond motifs is 3. The highest BCUT2D eigenvalue weighted by Crippen LogP contribution is 2.44. The summed E-state index contributed by atoms with van der Waals surface area (Å²) in [7, 11) is 0. The van der Waals surface area contributed by atoms with Gasteiger partial charge in [0.15, 0.2) is 0 Å². The average molecular weight is 479 g/mol. The van der Waals surface area contributed by atoms with Crippen molar-refractivity contribution in [3.63, 3.8) is 0 Å². The monoisotopic (exact) mass is 478 g/mol. The molecule has 0 saturated carbocycles. The minimum absolute atomic E-state index is 0.0204. The predicted molar refractivity (Wildman–Crippen MR) is 133 cm³/mol. The summed E-state index contributed by atoms with van der Waals surface area (Å²) in [5.74, 6) is -1.04. The van der Waals surface area contributed by atoms with Crippen LogP contribution in [-0.4, -0.2) is 53.7 Å². The highest BCUT2D eigenvalue weighted by molar-refractivity contribution is 5.80. The van der Waals surface area contributed by atoms with Gasteiger partial charge in [0.2, 0.25) is 5.91 Å². The molecule has 0 spiro atoms. The number of carbonyl (C=O) groups excluding carboxylic acids is 2. The summed E-state index contributed by atoms with van der Waals surface area (Å²) in [6.45, 7) is 6.48. The third-order valence-electron chi connectivity index (χ3n) is 7.53. The van der Waals surface area contributed by atoms with E-state index in [9.17, 15) is 19.5 Å². The Hall–Kier alpha value is -3.35. The van der Waals surface area contributed by atoms with Crippen molar-refractivity contribution in [2.75, 3.05) is 19.7 Å². The molecule has 2 N–H and O–H groups in total. The molecule has 2 aromatic rings. The van der Waals surface area contributed by atoms with E-state index in [1.165, 1.54) is 11.1 Å². The topological polar surface area (TPSA) is 95.9 Å². The summed E-state index contributed by atoms with van der Waals surface area (Å²) >= 11 is 0. The van der Waals surface area contributed by atoms with Crippen LogP contribution < -0.4 is 5.32 Å². The largest absolute Gasteiger partial charge is 0.481 e. The molecule has 0 radical (unpaired) electrons. The van der Waals surface area contributed by atoms with Gasteiger partial charge < -0.3 is 20.1 Å². The number of aliphatic carboxylic acids is 1. The molecule has 0 bridgehead atoms. The molecular weight excluding hydrogens is 444 g/mol. The lowest BCUT2D eigenvalue weighted by molar-refractivity contribution is -0.153. The number of amides is 2. The van der Waals surface area contributed by atoms with E-state index in [1.54, 1.807) is 25.7 Å². The molecule has 7 heteroatoms. The molecule has 0 aromatic heterocycles. The fraction of sp³-hybridized carbons (Fsp3) is 0.464. The second-order valence-corrected chi connectivity index (χ2v) is 10.3. The highest BCUT2D eigenvalue weighted by atomic mass is 16.5. The predicted octanol–water partition coefficient (Wildman–Crippen LogP) is 4.65. The average Bonchev–Trinajstić information content (AvgIpc) is 3.16. The van der Waals surface area contributed by atoms with Crippen LogP contribution in [0.2, 0.25) is 0 Å². The van der Waals surface area contributed by atoms with Gasteiger partial charge in [-0.3, -0.25) is 9.59 Å². The van der Waals surface area contributed by atoms with Crippen molar-refractivity contribution in [1.29, 1.82) is 0 Å². The molecule has 2 aliphatic rings. The maximum absolute atomic E-state index is 12.9. The number of nitrogens with zero attached hydrogens (tertiary/aromatic N) is 1. The summed E-state index contributed by atoms with van der Waals surface area (Å²) in [6, 6.07) is 15.9. The Morgan fingerprint density at radius 3 is 2.29 bits per heavy atom. The van der Waals surface area contributed by atoms with E-state index >= 15 is 0 Å². The maximum Gasteiger partial charge on any atom is 0.407 e. The number of hydrogen-bond acceptors (Lipinski definition) is 4. The van der Waals surface area contributed by atoms with E-state index < -0.39 is 23.5 Å². The quantitative estimate of drug-likeness (QED) is 0.604. The van der Waals surface area contributed by atoms with Gasteiger partial charge in [0, 0.05) is 31.5 Å². The molecule has 2 atom stereocenters. The van der Waals surface area contributed by atoms with Gasteiger partial charge in [0.05, 0.1) is 5.41 Å². The molecule has 7 nitrogen and oxygen atoms in total. The molecule has 1 fully saturated rings. The first-order valence-corrected chi connectivity index (χ1v) is 12.3. The third-order valence-corrected chi connectivity index (χ3v) is 7.53. The number of benzene rings is 2. The number of likely N-dealkylation sites (tertiary alicyclic amines) is 1. The number of ether oxygens (including phenoxy) is 1.